The number of halogens is 1. The Bertz CT molecular complexity index is 793. The number of anilines is 2. The molecule has 0 atom stereocenters. The third-order valence-electron chi connectivity index (χ3n) is 4.10. The van der Waals surface area contributed by atoms with Gasteiger partial charge in [0.2, 0.25) is 5.91 Å². The number of benzene rings is 2. The number of aryl methyl sites for hydroxylation is 2. The van der Waals surface area contributed by atoms with Gasteiger partial charge in [-0.3, -0.25) is 10.1 Å². The SMILES string of the molecule is Cc1cc(F)c2c(c1)CCCN2CC(=O)NC(=O)Nc1ccccc1. The molecule has 0 saturated heterocycles. The second kappa shape index (κ2) is 7.34. The van der Waals surface area contributed by atoms with E-state index in [9.17, 15) is 14.0 Å². The molecule has 0 fully saturated rings. The lowest BCUT2D eigenvalue weighted by Gasteiger charge is -2.31. The van der Waals surface area contributed by atoms with E-state index in [1.54, 1.807) is 29.2 Å². The van der Waals surface area contributed by atoms with E-state index in [-0.39, 0.29) is 12.4 Å². The van der Waals surface area contributed by atoms with Crippen LogP contribution in [0.5, 0.6) is 0 Å². The van der Waals surface area contributed by atoms with E-state index in [1.807, 2.05) is 19.1 Å². The van der Waals surface area contributed by atoms with Crippen LogP contribution in [0.3, 0.4) is 0 Å². The van der Waals surface area contributed by atoms with E-state index in [0.717, 1.165) is 24.0 Å². The molecule has 0 aliphatic carbocycles. The van der Waals surface area contributed by atoms with Gasteiger partial charge in [0, 0.05) is 12.2 Å². The van der Waals surface area contributed by atoms with Crippen molar-refractivity contribution in [2.24, 2.45) is 0 Å². The summed E-state index contributed by atoms with van der Waals surface area (Å²) in [6.07, 6.45) is 1.64. The van der Waals surface area contributed by atoms with Crippen molar-refractivity contribution in [1.29, 1.82) is 0 Å². The van der Waals surface area contributed by atoms with Crippen molar-refractivity contribution in [2.45, 2.75) is 19.8 Å². The fraction of sp³-hybridized carbons (Fsp3) is 0.263. The summed E-state index contributed by atoms with van der Waals surface area (Å²) in [5.74, 6) is -0.794. The minimum atomic E-state index is -0.599. The van der Waals surface area contributed by atoms with Crippen LogP contribution in [0, 0.1) is 12.7 Å². The molecule has 0 spiro atoms. The molecule has 3 rings (SSSR count). The van der Waals surface area contributed by atoms with Crippen LogP contribution < -0.4 is 15.5 Å². The molecule has 0 aromatic heterocycles. The first kappa shape index (κ1) is 17.0. The van der Waals surface area contributed by atoms with Crippen molar-refractivity contribution in [1.82, 2.24) is 5.32 Å². The number of imide groups is 1. The average Bonchev–Trinajstić information content (AvgIpc) is 2.55. The van der Waals surface area contributed by atoms with Crippen LogP contribution in [-0.4, -0.2) is 25.0 Å². The quantitative estimate of drug-likeness (QED) is 0.901. The van der Waals surface area contributed by atoms with Crippen LogP contribution in [0.2, 0.25) is 0 Å². The van der Waals surface area contributed by atoms with Crippen LogP contribution in [0.1, 0.15) is 17.5 Å². The van der Waals surface area contributed by atoms with E-state index in [0.29, 0.717) is 17.9 Å². The second-order valence-corrected chi connectivity index (χ2v) is 6.15. The molecule has 2 N–H and O–H groups in total. The highest BCUT2D eigenvalue weighted by Gasteiger charge is 2.23. The molecule has 3 amide bonds. The molecule has 2 aromatic carbocycles. The summed E-state index contributed by atoms with van der Waals surface area (Å²) >= 11 is 0. The van der Waals surface area contributed by atoms with Gasteiger partial charge in [-0.1, -0.05) is 24.3 Å². The van der Waals surface area contributed by atoms with Crippen molar-refractivity contribution in [3.05, 3.63) is 59.4 Å². The first-order chi connectivity index (χ1) is 12.0. The highest BCUT2D eigenvalue weighted by Crippen LogP contribution is 2.30. The highest BCUT2D eigenvalue weighted by atomic mass is 19.1. The number of para-hydroxylation sites is 1. The van der Waals surface area contributed by atoms with Crippen molar-refractivity contribution in [2.75, 3.05) is 23.3 Å². The number of amides is 3. The zero-order chi connectivity index (χ0) is 17.8. The number of carbonyl (C=O) groups is 2. The molecule has 2 aromatic rings. The van der Waals surface area contributed by atoms with Crippen LogP contribution in [0.25, 0.3) is 0 Å². The minimum Gasteiger partial charge on any atom is -0.360 e. The van der Waals surface area contributed by atoms with Crippen molar-refractivity contribution in [3.8, 4) is 0 Å². The lowest BCUT2D eigenvalue weighted by atomic mass is 9.99. The van der Waals surface area contributed by atoms with Gasteiger partial charge in [-0.25, -0.2) is 9.18 Å². The maximum absolute atomic E-state index is 14.3. The Balaban J connectivity index is 1.63. The summed E-state index contributed by atoms with van der Waals surface area (Å²) in [6.45, 7) is 2.37. The Hall–Kier alpha value is -2.89. The number of hydrogen-bond acceptors (Lipinski definition) is 3. The summed E-state index contributed by atoms with van der Waals surface area (Å²) in [6, 6.07) is 11.7. The Morgan fingerprint density at radius 1 is 1.20 bits per heavy atom. The minimum absolute atomic E-state index is 0.0603. The van der Waals surface area contributed by atoms with Gasteiger partial charge < -0.3 is 10.2 Å². The molecule has 0 saturated carbocycles. The number of hydrogen-bond donors (Lipinski definition) is 2. The number of urea groups is 1. The molecule has 25 heavy (non-hydrogen) atoms. The third kappa shape index (κ3) is 4.15. The van der Waals surface area contributed by atoms with Gasteiger partial charge in [0.1, 0.15) is 5.82 Å². The average molecular weight is 341 g/mol. The number of nitrogens with zero attached hydrogens (tertiary/aromatic N) is 1. The van der Waals surface area contributed by atoms with Crippen LogP contribution in [0.15, 0.2) is 42.5 Å². The second-order valence-electron chi connectivity index (χ2n) is 6.15. The molecular weight excluding hydrogens is 321 g/mol. The maximum Gasteiger partial charge on any atom is 0.325 e. The predicted octanol–water partition coefficient (Wildman–Crippen LogP) is 3.24. The summed E-state index contributed by atoms with van der Waals surface area (Å²) in [5.41, 5.74) is 2.84. The molecule has 6 heteroatoms. The molecule has 0 unspecified atom stereocenters. The molecule has 0 radical (unpaired) electrons. The summed E-state index contributed by atoms with van der Waals surface area (Å²) in [7, 11) is 0. The summed E-state index contributed by atoms with van der Waals surface area (Å²) in [4.78, 5) is 25.7. The van der Waals surface area contributed by atoms with Crippen molar-refractivity contribution >= 4 is 23.3 Å². The third-order valence-corrected chi connectivity index (χ3v) is 4.10. The lowest BCUT2D eigenvalue weighted by molar-refractivity contribution is -0.118. The van der Waals surface area contributed by atoms with Gasteiger partial charge in [-0.05, 0) is 49.1 Å². The summed E-state index contributed by atoms with van der Waals surface area (Å²) < 4.78 is 14.3. The predicted molar refractivity (Wildman–Crippen MR) is 95.3 cm³/mol. The number of carbonyl (C=O) groups excluding carboxylic acids is 2. The topological polar surface area (TPSA) is 61.4 Å². The highest BCUT2D eigenvalue weighted by molar-refractivity contribution is 6.02. The maximum atomic E-state index is 14.3. The van der Waals surface area contributed by atoms with Crippen molar-refractivity contribution in [3.63, 3.8) is 0 Å². The fourth-order valence-corrected chi connectivity index (χ4v) is 3.10. The summed E-state index contributed by atoms with van der Waals surface area (Å²) in [5, 5.41) is 4.87. The van der Waals surface area contributed by atoms with Gasteiger partial charge in [-0.2, -0.15) is 0 Å². The first-order valence-electron chi connectivity index (χ1n) is 8.23. The Kier molecular flexibility index (Phi) is 4.97. The van der Waals surface area contributed by atoms with Gasteiger partial charge in [0.05, 0.1) is 12.2 Å². The smallest absolute Gasteiger partial charge is 0.325 e. The van der Waals surface area contributed by atoms with E-state index in [1.165, 1.54) is 6.07 Å². The molecular formula is C19H20FN3O2. The lowest BCUT2D eigenvalue weighted by Crippen LogP contribution is -2.43. The zero-order valence-electron chi connectivity index (χ0n) is 14.0. The zero-order valence-corrected chi connectivity index (χ0v) is 14.0. The van der Waals surface area contributed by atoms with Gasteiger partial charge in [0.25, 0.3) is 0 Å². The molecule has 1 heterocycles. The fourth-order valence-electron chi connectivity index (χ4n) is 3.10. The Labute approximate surface area is 145 Å². The molecule has 0 bridgehead atoms. The monoisotopic (exact) mass is 341 g/mol. The van der Waals surface area contributed by atoms with Gasteiger partial charge >= 0.3 is 6.03 Å². The van der Waals surface area contributed by atoms with E-state index < -0.39 is 11.9 Å². The molecule has 1 aliphatic rings. The van der Waals surface area contributed by atoms with Crippen LogP contribution in [0.4, 0.5) is 20.6 Å². The molecule has 1 aliphatic heterocycles. The number of fused-ring (bicyclic) bond motifs is 1. The largest absolute Gasteiger partial charge is 0.360 e. The number of rotatable bonds is 3. The standard InChI is InChI=1S/C19H20FN3O2/c1-13-10-14-6-5-9-23(18(14)16(20)11-13)12-17(24)22-19(25)21-15-7-3-2-4-8-15/h2-4,7-8,10-11H,5-6,9,12H2,1H3,(H2,21,22,24,25). The van der Waals surface area contributed by atoms with Gasteiger partial charge in [-0.15, -0.1) is 0 Å². The van der Waals surface area contributed by atoms with E-state index in [2.05, 4.69) is 10.6 Å². The van der Waals surface area contributed by atoms with Gasteiger partial charge in [0.15, 0.2) is 0 Å². The van der Waals surface area contributed by atoms with Crippen LogP contribution in [-0.2, 0) is 11.2 Å². The van der Waals surface area contributed by atoms with E-state index in [4.69, 9.17) is 0 Å². The Morgan fingerprint density at radius 3 is 2.72 bits per heavy atom. The van der Waals surface area contributed by atoms with E-state index >= 15 is 0 Å². The van der Waals surface area contributed by atoms with Crippen molar-refractivity contribution < 1.29 is 14.0 Å². The number of nitrogens with one attached hydrogen (secondary N) is 2. The molecule has 130 valence electrons. The molecule has 5 nitrogen and oxygen atoms in total. The Morgan fingerprint density at radius 2 is 1.96 bits per heavy atom. The normalized spacial score (nSPS) is 13.1. The van der Waals surface area contributed by atoms with Crippen LogP contribution >= 0.6 is 0 Å². The first-order valence-corrected chi connectivity index (χ1v) is 8.23.